The van der Waals surface area contributed by atoms with Crippen molar-refractivity contribution < 1.29 is 19.7 Å². The highest BCUT2D eigenvalue weighted by atomic mass is 16.5. The molecule has 2 aromatic carbocycles. The van der Waals surface area contributed by atoms with E-state index >= 15 is 0 Å². The Morgan fingerprint density at radius 1 is 1.15 bits per heavy atom. The Morgan fingerprint density at radius 3 is 2.79 bits per heavy atom. The van der Waals surface area contributed by atoms with Crippen LogP contribution in [0.15, 0.2) is 48.7 Å². The molecule has 2 N–H and O–H groups in total. The average molecular weight is 533 g/mol. The zero-order valence-electron chi connectivity index (χ0n) is 22.5. The first-order valence-electron chi connectivity index (χ1n) is 13.3. The maximum absolute atomic E-state index is 10.8. The molecule has 39 heavy (non-hydrogen) atoms. The molecule has 0 spiro atoms. The number of carbonyl (C=O) groups excluding carboxylic acids is 1. The molecule has 3 heterocycles. The molecule has 1 saturated heterocycles. The molecule has 0 radical (unpaired) electrons. The van der Waals surface area contributed by atoms with E-state index in [1.54, 1.807) is 12.3 Å². The number of phenolic OH excluding ortho intramolecular Hbond substituents is 1. The summed E-state index contributed by atoms with van der Waals surface area (Å²) in [6.07, 6.45) is 4.73. The van der Waals surface area contributed by atoms with Crippen molar-refractivity contribution >= 4 is 28.6 Å². The fourth-order valence-electron chi connectivity index (χ4n) is 5.36. The fraction of sp³-hybridized carbons (Fsp3) is 0.414. The summed E-state index contributed by atoms with van der Waals surface area (Å²) in [6.45, 7) is 4.38. The van der Waals surface area contributed by atoms with Crippen LogP contribution in [-0.2, 0) is 17.8 Å². The van der Waals surface area contributed by atoms with Crippen molar-refractivity contribution in [3.05, 3.63) is 59.9 Å². The van der Waals surface area contributed by atoms with Crippen LogP contribution in [-0.4, -0.2) is 102 Å². The number of hydrogen-bond donors (Lipinski definition) is 2. The Labute approximate surface area is 228 Å². The summed E-state index contributed by atoms with van der Waals surface area (Å²) in [5.74, 6) is 1.04. The van der Waals surface area contributed by atoms with Gasteiger partial charge in [-0.05, 0) is 38.0 Å². The summed E-state index contributed by atoms with van der Waals surface area (Å²) < 4.78 is 6.02. The first-order valence-corrected chi connectivity index (χ1v) is 13.3. The standard InChI is InChI=1S/C29H36N6O4/c1-32(2)13-15-39-29-30-26-19-34(27-17-23(38)16-21-6-3-4-7-24(21)27)10-8-25(26)28(31-29)35-12-11-33(9-5-14-36)18-22(35)20-37/h3-7,9,14,16-17,22,37-38H,8,10-13,15,18-20H2,1-2H3/t22-/m1/s1. The topological polar surface area (TPSA) is 106 Å². The van der Waals surface area contributed by atoms with Gasteiger partial charge in [-0.3, -0.25) is 4.79 Å². The first kappa shape index (κ1) is 26.7. The summed E-state index contributed by atoms with van der Waals surface area (Å²) in [5, 5.41) is 22.8. The second-order valence-electron chi connectivity index (χ2n) is 10.3. The number of nitrogens with zero attached hydrogens (tertiary/aromatic N) is 6. The minimum absolute atomic E-state index is 0.0393. The molecule has 10 heteroatoms. The number of rotatable bonds is 9. The Hall–Kier alpha value is -3.89. The van der Waals surface area contributed by atoms with Crippen LogP contribution in [0.5, 0.6) is 11.8 Å². The predicted molar refractivity (Wildman–Crippen MR) is 151 cm³/mol. The molecule has 5 rings (SSSR count). The van der Waals surface area contributed by atoms with Gasteiger partial charge in [-0.25, -0.2) is 0 Å². The number of hydrogen-bond acceptors (Lipinski definition) is 10. The van der Waals surface area contributed by atoms with Crippen molar-refractivity contribution in [1.29, 1.82) is 0 Å². The van der Waals surface area contributed by atoms with E-state index in [-0.39, 0.29) is 18.4 Å². The molecule has 206 valence electrons. The van der Waals surface area contributed by atoms with Gasteiger partial charge in [-0.2, -0.15) is 9.97 Å². The molecule has 2 aliphatic rings. The monoisotopic (exact) mass is 532 g/mol. The number of piperazine rings is 1. The number of carbonyl (C=O) groups is 1. The molecule has 0 bridgehead atoms. The van der Waals surface area contributed by atoms with Gasteiger partial charge in [0.1, 0.15) is 24.5 Å². The Kier molecular flexibility index (Phi) is 8.13. The minimum Gasteiger partial charge on any atom is -0.508 e. The minimum atomic E-state index is -0.184. The smallest absolute Gasteiger partial charge is 0.318 e. The summed E-state index contributed by atoms with van der Waals surface area (Å²) in [7, 11) is 3.98. The number of allylic oxidation sites excluding steroid dienone is 1. The normalized spacial score (nSPS) is 17.7. The number of aromatic nitrogens is 2. The highest BCUT2D eigenvalue weighted by Gasteiger charge is 2.32. The number of anilines is 2. The van der Waals surface area contributed by atoms with Crippen molar-refractivity contribution in [2.24, 2.45) is 0 Å². The zero-order valence-corrected chi connectivity index (χ0v) is 22.5. The fourth-order valence-corrected chi connectivity index (χ4v) is 5.36. The molecule has 0 unspecified atom stereocenters. The SMILES string of the molecule is CN(C)CCOc1nc2c(c(N3CCN(C=CC=O)C[C@@H]3CO)n1)CCN(c1cc(O)cc3ccccc13)C2. The largest absolute Gasteiger partial charge is 0.508 e. The van der Waals surface area contributed by atoms with Gasteiger partial charge in [0.15, 0.2) is 0 Å². The number of aromatic hydroxyl groups is 1. The van der Waals surface area contributed by atoms with E-state index < -0.39 is 0 Å². The molecule has 3 aromatic rings. The molecule has 1 fully saturated rings. The molecule has 10 nitrogen and oxygen atoms in total. The highest BCUT2D eigenvalue weighted by molar-refractivity contribution is 5.95. The van der Waals surface area contributed by atoms with Gasteiger partial charge < -0.3 is 34.5 Å². The third-order valence-corrected chi connectivity index (χ3v) is 7.33. The number of fused-ring (bicyclic) bond motifs is 2. The average Bonchev–Trinajstić information content (AvgIpc) is 2.94. The number of phenols is 1. The van der Waals surface area contributed by atoms with E-state index in [2.05, 4.69) is 15.9 Å². The Morgan fingerprint density at radius 2 is 2.00 bits per heavy atom. The Balaban J connectivity index is 1.49. The summed E-state index contributed by atoms with van der Waals surface area (Å²) in [4.78, 5) is 29.0. The van der Waals surface area contributed by atoms with Crippen LogP contribution < -0.4 is 14.5 Å². The van der Waals surface area contributed by atoms with Crippen LogP contribution in [0.2, 0.25) is 0 Å². The zero-order chi connectivity index (χ0) is 27.4. The second-order valence-corrected chi connectivity index (χ2v) is 10.3. The molecule has 0 aliphatic carbocycles. The third-order valence-electron chi connectivity index (χ3n) is 7.33. The van der Waals surface area contributed by atoms with Crippen LogP contribution in [0.3, 0.4) is 0 Å². The predicted octanol–water partition coefficient (Wildman–Crippen LogP) is 2.03. The quantitative estimate of drug-likeness (QED) is 0.314. The number of aldehydes is 1. The maximum atomic E-state index is 10.8. The Bertz CT molecular complexity index is 1350. The van der Waals surface area contributed by atoms with Crippen LogP contribution in [0.25, 0.3) is 10.8 Å². The van der Waals surface area contributed by atoms with Crippen LogP contribution in [0.1, 0.15) is 11.3 Å². The number of aliphatic hydroxyl groups excluding tert-OH is 1. The lowest BCUT2D eigenvalue weighted by molar-refractivity contribution is -0.104. The van der Waals surface area contributed by atoms with Crippen molar-refractivity contribution in [3.63, 3.8) is 0 Å². The summed E-state index contributed by atoms with van der Waals surface area (Å²) in [6, 6.07) is 11.8. The first-order chi connectivity index (χ1) is 19.0. The van der Waals surface area contributed by atoms with E-state index in [9.17, 15) is 15.0 Å². The van der Waals surface area contributed by atoms with Gasteiger partial charge in [0.05, 0.1) is 24.9 Å². The molecule has 0 saturated carbocycles. The van der Waals surface area contributed by atoms with E-state index in [4.69, 9.17) is 14.7 Å². The van der Waals surface area contributed by atoms with E-state index in [0.29, 0.717) is 38.8 Å². The van der Waals surface area contributed by atoms with Gasteiger partial charge in [0.25, 0.3) is 0 Å². The van der Waals surface area contributed by atoms with Gasteiger partial charge >= 0.3 is 6.01 Å². The van der Waals surface area contributed by atoms with Crippen LogP contribution in [0.4, 0.5) is 11.5 Å². The number of benzene rings is 2. The maximum Gasteiger partial charge on any atom is 0.318 e. The van der Waals surface area contributed by atoms with Crippen molar-refractivity contribution in [1.82, 2.24) is 19.8 Å². The molecule has 1 aromatic heterocycles. The van der Waals surface area contributed by atoms with Crippen molar-refractivity contribution in [2.45, 2.75) is 19.0 Å². The van der Waals surface area contributed by atoms with Gasteiger partial charge in [-0.15, -0.1) is 0 Å². The highest BCUT2D eigenvalue weighted by Crippen LogP contribution is 2.36. The third kappa shape index (κ3) is 5.91. The second kappa shape index (κ2) is 11.9. The number of ether oxygens (including phenoxy) is 1. The lowest BCUT2D eigenvalue weighted by Gasteiger charge is -2.42. The van der Waals surface area contributed by atoms with E-state index in [1.807, 2.05) is 48.2 Å². The van der Waals surface area contributed by atoms with E-state index in [0.717, 1.165) is 59.3 Å². The van der Waals surface area contributed by atoms with Crippen molar-refractivity contribution in [3.8, 4) is 11.8 Å². The number of likely N-dealkylation sites (N-methyl/N-ethyl adjacent to an activating group) is 1. The van der Waals surface area contributed by atoms with Gasteiger partial charge in [0, 0.05) is 61.6 Å². The van der Waals surface area contributed by atoms with Gasteiger partial charge in [-0.1, -0.05) is 24.3 Å². The lowest BCUT2D eigenvalue weighted by Crippen LogP contribution is -2.54. The van der Waals surface area contributed by atoms with Crippen molar-refractivity contribution in [2.75, 3.05) is 69.8 Å². The van der Waals surface area contributed by atoms with E-state index in [1.165, 1.54) is 6.08 Å². The lowest BCUT2D eigenvalue weighted by atomic mass is 10.0. The molecule has 2 aliphatic heterocycles. The molecular formula is C29H36N6O4. The molecule has 0 amide bonds. The molecular weight excluding hydrogens is 496 g/mol. The van der Waals surface area contributed by atoms with Crippen LogP contribution >= 0.6 is 0 Å². The van der Waals surface area contributed by atoms with Gasteiger partial charge in [0.2, 0.25) is 0 Å². The number of aliphatic hydroxyl groups is 1. The summed E-state index contributed by atoms with van der Waals surface area (Å²) >= 11 is 0. The summed E-state index contributed by atoms with van der Waals surface area (Å²) in [5.41, 5.74) is 2.92. The van der Waals surface area contributed by atoms with Crippen LogP contribution in [0, 0.1) is 0 Å². The molecule has 1 atom stereocenters.